The Labute approximate surface area is 124 Å². The third-order valence-corrected chi connectivity index (χ3v) is 4.69. The summed E-state index contributed by atoms with van der Waals surface area (Å²) in [6, 6.07) is 4.96. The lowest BCUT2D eigenvalue weighted by Crippen LogP contribution is -2.42. The van der Waals surface area contributed by atoms with Crippen molar-refractivity contribution in [1.82, 2.24) is 5.32 Å². The molecular formula is C13H14BrClN2O2. The van der Waals surface area contributed by atoms with Gasteiger partial charge in [0.1, 0.15) is 0 Å². The number of primary amides is 1. The summed E-state index contributed by atoms with van der Waals surface area (Å²) in [7, 11) is 0. The number of carbonyl (C=O) groups is 2. The van der Waals surface area contributed by atoms with Gasteiger partial charge in [-0.2, -0.15) is 0 Å². The molecule has 4 nitrogen and oxygen atoms in total. The van der Waals surface area contributed by atoms with Crippen molar-refractivity contribution in [3.05, 3.63) is 33.3 Å². The van der Waals surface area contributed by atoms with Crippen LogP contribution in [-0.4, -0.2) is 17.9 Å². The van der Waals surface area contributed by atoms with E-state index in [-0.39, 0.29) is 23.8 Å². The Kier molecular flexibility index (Phi) is 4.47. The summed E-state index contributed by atoms with van der Waals surface area (Å²) in [5.41, 5.74) is 5.73. The lowest BCUT2D eigenvalue weighted by Gasteiger charge is -2.18. The second kappa shape index (κ2) is 5.92. The van der Waals surface area contributed by atoms with E-state index < -0.39 is 0 Å². The molecule has 1 aromatic rings. The van der Waals surface area contributed by atoms with Crippen molar-refractivity contribution in [2.75, 3.05) is 0 Å². The SMILES string of the molecule is NC(=O)[C@H]1CCC[C@H]1NC(=O)c1cccc(Br)c1Cl. The van der Waals surface area contributed by atoms with Gasteiger partial charge in [0, 0.05) is 10.5 Å². The predicted octanol–water partition coefficient (Wildman–Crippen LogP) is 2.49. The van der Waals surface area contributed by atoms with Crippen LogP contribution in [0.25, 0.3) is 0 Å². The summed E-state index contributed by atoms with van der Waals surface area (Å²) in [6.07, 6.45) is 2.39. The summed E-state index contributed by atoms with van der Waals surface area (Å²) in [4.78, 5) is 23.5. The van der Waals surface area contributed by atoms with Gasteiger partial charge in [-0.05, 0) is 40.9 Å². The van der Waals surface area contributed by atoms with Crippen LogP contribution < -0.4 is 11.1 Å². The molecule has 0 heterocycles. The molecule has 0 bridgehead atoms. The fourth-order valence-electron chi connectivity index (χ4n) is 2.40. The van der Waals surface area contributed by atoms with Crippen LogP contribution >= 0.6 is 27.5 Å². The van der Waals surface area contributed by atoms with Crippen molar-refractivity contribution in [2.24, 2.45) is 11.7 Å². The molecule has 1 aliphatic carbocycles. The smallest absolute Gasteiger partial charge is 0.253 e. The minimum absolute atomic E-state index is 0.194. The highest BCUT2D eigenvalue weighted by molar-refractivity contribution is 9.10. The number of halogens is 2. The van der Waals surface area contributed by atoms with Crippen LogP contribution in [0.5, 0.6) is 0 Å². The summed E-state index contributed by atoms with van der Waals surface area (Å²) >= 11 is 9.35. The van der Waals surface area contributed by atoms with Gasteiger partial charge in [0.25, 0.3) is 5.91 Å². The summed E-state index contributed by atoms with van der Waals surface area (Å²) in [5.74, 6) is -0.914. The first kappa shape index (κ1) is 14.3. The predicted molar refractivity (Wildman–Crippen MR) is 76.9 cm³/mol. The molecule has 19 heavy (non-hydrogen) atoms. The van der Waals surface area contributed by atoms with Crippen LogP contribution in [0.1, 0.15) is 29.6 Å². The number of rotatable bonds is 3. The second-order valence-electron chi connectivity index (χ2n) is 4.62. The summed E-state index contributed by atoms with van der Waals surface area (Å²) in [6.45, 7) is 0. The fourth-order valence-corrected chi connectivity index (χ4v) is 2.98. The van der Waals surface area contributed by atoms with E-state index in [1.54, 1.807) is 18.2 Å². The zero-order chi connectivity index (χ0) is 14.0. The van der Waals surface area contributed by atoms with E-state index in [2.05, 4.69) is 21.2 Å². The van der Waals surface area contributed by atoms with Gasteiger partial charge in [-0.1, -0.05) is 24.1 Å². The van der Waals surface area contributed by atoms with Crippen molar-refractivity contribution >= 4 is 39.3 Å². The van der Waals surface area contributed by atoms with Crippen molar-refractivity contribution in [1.29, 1.82) is 0 Å². The fraction of sp³-hybridized carbons (Fsp3) is 0.385. The molecule has 0 unspecified atom stereocenters. The van der Waals surface area contributed by atoms with Crippen molar-refractivity contribution < 1.29 is 9.59 Å². The average molecular weight is 346 g/mol. The zero-order valence-electron chi connectivity index (χ0n) is 10.2. The number of nitrogens with one attached hydrogen (secondary N) is 1. The Morgan fingerprint density at radius 3 is 2.79 bits per heavy atom. The summed E-state index contributed by atoms with van der Waals surface area (Å²) < 4.78 is 0.666. The summed E-state index contributed by atoms with van der Waals surface area (Å²) in [5, 5.41) is 3.22. The molecule has 1 saturated carbocycles. The zero-order valence-corrected chi connectivity index (χ0v) is 12.5. The molecular weight excluding hydrogens is 332 g/mol. The molecule has 0 aliphatic heterocycles. The normalized spacial score (nSPS) is 22.2. The first-order valence-corrected chi connectivity index (χ1v) is 7.22. The van der Waals surface area contributed by atoms with Gasteiger partial charge >= 0.3 is 0 Å². The number of benzene rings is 1. The molecule has 6 heteroatoms. The van der Waals surface area contributed by atoms with Gasteiger partial charge < -0.3 is 11.1 Å². The van der Waals surface area contributed by atoms with E-state index in [0.717, 1.165) is 19.3 Å². The standard InChI is InChI=1S/C13H14BrClN2O2/c14-9-5-1-4-8(11(9)15)13(19)17-10-6-2-3-7(10)12(16)18/h1,4-5,7,10H,2-3,6H2,(H2,16,18)(H,17,19)/t7-,10+/m0/s1. The minimum atomic E-state index is -0.358. The Bertz CT molecular complexity index is 521. The maximum absolute atomic E-state index is 12.2. The van der Waals surface area contributed by atoms with Crippen LogP contribution in [-0.2, 0) is 4.79 Å². The van der Waals surface area contributed by atoms with Crippen molar-refractivity contribution in [2.45, 2.75) is 25.3 Å². The molecule has 3 N–H and O–H groups in total. The number of nitrogens with two attached hydrogens (primary N) is 1. The number of amides is 2. The van der Waals surface area contributed by atoms with Crippen molar-refractivity contribution in [3.8, 4) is 0 Å². The van der Waals surface area contributed by atoms with E-state index in [4.69, 9.17) is 17.3 Å². The van der Waals surface area contributed by atoms with Crippen LogP contribution in [0.4, 0.5) is 0 Å². The first-order chi connectivity index (χ1) is 9.00. The Balaban J connectivity index is 2.13. The maximum atomic E-state index is 12.2. The van der Waals surface area contributed by atoms with Gasteiger partial charge in [-0.15, -0.1) is 0 Å². The van der Waals surface area contributed by atoms with Crippen molar-refractivity contribution in [3.63, 3.8) is 0 Å². The highest BCUT2D eigenvalue weighted by Crippen LogP contribution is 2.28. The van der Waals surface area contributed by atoms with E-state index in [1.807, 2.05) is 0 Å². The average Bonchev–Trinajstić information content (AvgIpc) is 2.80. The van der Waals surface area contributed by atoms with Gasteiger partial charge in [0.05, 0.1) is 16.5 Å². The Morgan fingerprint density at radius 2 is 2.11 bits per heavy atom. The monoisotopic (exact) mass is 344 g/mol. The van der Waals surface area contributed by atoms with Gasteiger partial charge in [0.15, 0.2) is 0 Å². The molecule has 0 spiro atoms. The minimum Gasteiger partial charge on any atom is -0.369 e. The lowest BCUT2D eigenvalue weighted by atomic mass is 10.0. The molecule has 2 amide bonds. The largest absolute Gasteiger partial charge is 0.369 e. The van der Waals surface area contributed by atoms with Gasteiger partial charge in [-0.25, -0.2) is 0 Å². The first-order valence-electron chi connectivity index (χ1n) is 6.05. The molecule has 1 aliphatic rings. The van der Waals surface area contributed by atoms with Gasteiger partial charge in [-0.3, -0.25) is 9.59 Å². The Morgan fingerprint density at radius 1 is 1.37 bits per heavy atom. The molecule has 2 rings (SSSR count). The maximum Gasteiger partial charge on any atom is 0.253 e. The molecule has 1 fully saturated rings. The topological polar surface area (TPSA) is 72.2 Å². The molecule has 0 radical (unpaired) electrons. The van der Waals surface area contributed by atoms with Crippen LogP contribution in [0.15, 0.2) is 22.7 Å². The molecule has 2 atom stereocenters. The molecule has 1 aromatic carbocycles. The van der Waals surface area contributed by atoms with Crippen LogP contribution in [0.2, 0.25) is 5.02 Å². The van der Waals surface area contributed by atoms with E-state index in [9.17, 15) is 9.59 Å². The van der Waals surface area contributed by atoms with E-state index >= 15 is 0 Å². The quantitative estimate of drug-likeness (QED) is 0.883. The number of hydrogen-bond acceptors (Lipinski definition) is 2. The highest BCUT2D eigenvalue weighted by Gasteiger charge is 2.33. The number of hydrogen-bond donors (Lipinski definition) is 2. The molecule has 102 valence electrons. The van der Waals surface area contributed by atoms with Crippen LogP contribution in [0, 0.1) is 5.92 Å². The molecule has 0 aromatic heterocycles. The van der Waals surface area contributed by atoms with E-state index in [1.165, 1.54) is 0 Å². The Hall–Kier alpha value is -1.07. The second-order valence-corrected chi connectivity index (χ2v) is 5.85. The van der Waals surface area contributed by atoms with E-state index in [0.29, 0.717) is 15.1 Å². The lowest BCUT2D eigenvalue weighted by molar-refractivity contribution is -0.122. The number of carbonyl (C=O) groups excluding carboxylic acids is 2. The third-order valence-electron chi connectivity index (χ3n) is 3.39. The highest BCUT2D eigenvalue weighted by atomic mass is 79.9. The van der Waals surface area contributed by atoms with Crippen LogP contribution in [0.3, 0.4) is 0 Å². The van der Waals surface area contributed by atoms with Gasteiger partial charge in [0.2, 0.25) is 5.91 Å². The molecule has 0 saturated heterocycles. The third kappa shape index (κ3) is 3.09.